The van der Waals surface area contributed by atoms with Gasteiger partial charge in [0.2, 0.25) is 11.8 Å². The highest BCUT2D eigenvalue weighted by molar-refractivity contribution is 7.92. The Balaban J connectivity index is 2.07. The number of likely N-dealkylation sites (N-methyl/N-ethyl adjacent to an activating group) is 1. The average molecular weight is 556 g/mol. The predicted octanol–water partition coefficient (Wildman–Crippen LogP) is 5.10. The number of rotatable bonds is 11. The lowest BCUT2D eigenvalue weighted by Gasteiger charge is -2.33. The molecule has 0 aliphatic rings. The molecule has 1 N–H and O–H groups in total. The van der Waals surface area contributed by atoms with Crippen molar-refractivity contribution in [1.82, 2.24) is 10.2 Å². The van der Waals surface area contributed by atoms with E-state index in [-0.39, 0.29) is 17.3 Å². The molecule has 0 fully saturated rings. The Morgan fingerprint density at radius 3 is 2.24 bits per heavy atom. The largest absolute Gasteiger partial charge is 0.355 e. The number of anilines is 1. The molecule has 0 aromatic heterocycles. The highest BCUT2D eigenvalue weighted by Gasteiger charge is 2.33. The van der Waals surface area contributed by atoms with Gasteiger partial charge in [-0.2, -0.15) is 0 Å². The van der Waals surface area contributed by atoms with E-state index in [1.54, 1.807) is 18.2 Å². The van der Waals surface area contributed by atoms with E-state index >= 15 is 0 Å². The molecule has 38 heavy (non-hydrogen) atoms. The normalized spacial score (nSPS) is 12.0. The number of carbonyl (C=O) groups excluding carboxylic acids is 2. The quantitative estimate of drug-likeness (QED) is 0.357. The van der Waals surface area contributed by atoms with Gasteiger partial charge in [0.15, 0.2) is 0 Å². The van der Waals surface area contributed by atoms with Crippen LogP contribution in [-0.2, 0) is 26.2 Å². The average Bonchev–Trinajstić information content (AvgIpc) is 2.88. The number of nitrogens with zero attached hydrogens (tertiary/aromatic N) is 2. The third-order valence-corrected chi connectivity index (χ3v) is 8.35. The van der Waals surface area contributed by atoms with Crippen LogP contribution in [-0.4, -0.2) is 44.3 Å². The highest BCUT2D eigenvalue weighted by atomic mass is 35.5. The van der Waals surface area contributed by atoms with Gasteiger partial charge in [-0.3, -0.25) is 13.9 Å². The van der Waals surface area contributed by atoms with E-state index in [1.807, 2.05) is 58.0 Å². The van der Waals surface area contributed by atoms with Crippen LogP contribution in [0.1, 0.15) is 37.0 Å². The van der Waals surface area contributed by atoms with E-state index in [0.717, 1.165) is 21.0 Å². The van der Waals surface area contributed by atoms with Gasteiger partial charge in [-0.25, -0.2) is 8.42 Å². The third-order valence-electron chi connectivity index (χ3n) is 6.31. The zero-order valence-corrected chi connectivity index (χ0v) is 23.7. The summed E-state index contributed by atoms with van der Waals surface area (Å²) in [5, 5.41) is 3.21. The first-order chi connectivity index (χ1) is 18.1. The second kappa shape index (κ2) is 12.9. The van der Waals surface area contributed by atoms with Crippen molar-refractivity contribution in [3.63, 3.8) is 0 Å². The molecule has 0 aliphatic heterocycles. The molecular weight excluding hydrogens is 522 g/mol. The molecule has 1 atom stereocenters. The monoisotopic (exact) mass is 555 g/mol. The molecule has 7 nitrogen and oxygen atoms in total. The highest BCUT2D eigenvalue weighted by Crippen LogP contribution is 2.26. The van der Waals surface area contributed by atoms with Crippen molar-refractivity contribution >= 4 is 39.1 Å². The molecule has 0 saturated heterocycles. The SMILES string of the molecule is CCNC(=O)[C@H](CC)N(Cc1ccccc1C)C(=O)CN(c1cccc(C)c1)S(=O)(=O)c1ccc(Cl)cc1. The summed E-state index contributed by atoms with van der Waals surface area (Å²) >= 11 is 5.99. The number of carbonyl (C=O) groups is 2. The zero-order chi connectivity index (χ0) is 27.9. The van der Waals surface area contributed by atoms with Crippen LogP contribution in [0.25, 0.3) is 0 Å². The molecule has 202 valence electrons. The van der Waals surface area contributed by atoms with Crippen molar-refractivity contribution in [3.8, 4) is 0 Å². The molecule has 0 spiro atoms. The zero-order valence-electron chi connectivity index (χ0n) is 22.1. The first kappa shape index (κ1) is 29.2. The van der Waals surface area contributed by atoms with Crippen molar-refractivity contribution in [2.45, 2.75) is 51.6 Å². The van der Waals surface area contributed by atoms with Crippen LogP contribution in [0.5, 0.6) is 0 Å². The number of amides is 2. The molecule has 9 heteroatoms. The number of benzene rings is 3. The van der Waals surface area contributed by atoms with Crippen molar-refractivity contribution in [2.75, 3.05) is 17.4 Å². The summed E-state index contributed by atoms with van der Waals surface area (Å²) in [6.45, 7) is 7.55. The van der Waals surface area contributed by atoms with Crippen molar-refractivity contribution in [3.05, 3.63) is 94.5 Å². The maximum absolute atomic E-state index is 14.0. The summed E-state index contributed by atoms with van der Waals surface area (Å²) in [5.41, 5.74) is 3.05. The molecule has 0 aliphatic carbocycles. The fourth-order valence-corrected chi connectivity index (χ4v) is 5.76. The Morgan fingerprint density at radius 1 is 0.947 bits per heavy atom. The molecule has 0 saturated carbocycles. The van der Waals surface area contributed by atoms with Gasteiger partial charge in [0.1, 0.15) is 12.6 Å². The maximum Gasteiger partial charge on any atom is 0.264 e. The van der Waals surface area contributed by atoms with Crippen molar-refractivity contribution in [1.29, 1.82) is 0 Å². The van der Waals surface area contributed by atoms with Crippen LogP contribution in [0.3, 0.4) is 0 Å². The van der Waals surface area contributed by atoms with E-state index in [4.69, 9.17) is 11.6 Å². The van der Waals surface area contributed by atoms with E-state index < -0.39 is 28.5 Å². The van der Waals surface area contributed by atoms with Crippen LogP contribution in [0.2, 0.25) is 5.02 Å². The van der Waals surface area contributed by atoms with Gasteiger partial charge in [-0.05, 0) is 80.3 Å². The molecular formula is C29H34ClN3O4S. The van der Waals surface area contributed by atoms with Gasteiger partial charge in [0.25, 0.3) is 10.0 Å². The minimum atomic E-state index is -4.13. The van der Waals surface area contributed by atoms with Crippen LogP contribution >= 0.6 is 11.6 Å². The minimum Gasteiger partial charge on any atom is -0.355 e. The number of hydrogen-bond donors (Lipinski definition) is 1. The van der Waals surface area contributed by atoms with E-state index in [9.17, 15) is 18.0 Å². The summed E-state index contributed by atoms with van der Waals surface area (Å²) in [4.78, 5) is 28.5. The van der Waals surface area contributed by atoms with Gasteiger partial charge < -0.3 is 10.2 Å². The first-order valence-electron chi connectivity index (χ1n) is 12.5. The van der Waals surface area contributed by atoms with Crippen molar-refractivity contribution < 1.29 is 18.0 Å². The Hall–Kier alpha value is -3.36. The number of hydrogen-bond acceptors (Lipinski definition) is 4. The van der Waals surface area contributed by atoms with Crippen LogP contribution in [0.15, 0.2) is 77.7 Å². The molecule has 0 unspecified atom stereocenters. The van der Waals surface area contributed by atoms with Crippen LogP contribution < -0.4 is 9.62 Å². The second-order valence-electron chi connectivity index (χ2n) is 9.07. The fourth-order valence-electron chi connectivity index (χ4n) is 4.23. The van der Waals surface area contributed by atoms with Gasteiger partial charge in [0, 0.05) is 18.1 Å². The summed E-state index contributed by atoms with van der Waals surface area (Å²) in [7, 11) is -4.13. The lowest BCUT2D eigenvalue weighted by atomic mass is 10.1. The van der Waals surface area contributed by atoms with Gasteiger partial charge in [-0.15, -0.1) is 0 Å². The summed E-state index contributed by atoms with van der Waals surface area (Å²) in [6, 6.07) is 19.7. The smallest absolute Gasteiger partial charge is 0.264 e. The van der Waals surface area contributed by atoms with Crippen LogP contribution in [0.4, 0.5) is 5.69 Å². The van der Waals surface area contributed by atoms with E-state index in [1.165, 1.54) is 29.2 Å². The number of nitrogens with one attached hydrogen (secondary N) is 1. The molecule has 3 aromatic rings. The standard InChI is InChI=1S/C29H34ClN3O4S/c1-5-27(29(35)31-6-2)32(19-23-12-8-7-11-22(23)4)28(34)20-33(25-13-9-10-21(3)18-25)38(36,37)26-16-14-24(30)15-17-26/h7-18,27H,5-6,19-20H2,1-4H3,(H,31,35)/t27-/m0/s1. The van der Waals surface area contributed by atoms with Gasteiger partial charge in [-0.1, -0.05) is 54.9 Å². The summed E-state index contributed by atoms with van der Waals surface area (Å²) in [6.07, 6.45) is 0.373. The Kier molecular flexibility index (Phi) is 9.94. The molecule has 0 radical (unpaired) electrons. The maximum atomic E-state index is 14.0. The topological polar surface area (TPSA) is 86.8 Å². The molecule has 2 amide bonds. The summed E-state index contributed by atoms with van der Waals surface area (Å²) in [5.74, 6) is -0.759. The predicted molar refractivity (Wildman–Crippen MR) is 152 cm³/mol. The fraction of sp³-hybridized carbons (Fsp3) is 0.310. The first-order valence-corrected chi connectivity index (χ1v) is 14.4. The Labute approximate surface area is 230 Å². The molecule has 3 aromatic carbocycles. The Morgan fingerprint density at radius 2 is 1.63 bits per heavy atom. The van der Waals surface area contributed by atoms with Gasteiger partial charge >= 0.3 is 0 Å². The lowest BCUT2D eigenvalue weighted by molar-refractivity contribution is -0.140. The van der Waals surface area contributed by atoms with E-state index in [0.29, 0.717) is 23.7 Å². The number of sulfonamides is 1. The van der Waals surface area contributed by atoms with Gasteiger partial charge in [0.05, 0.1) is 10.6 Å². The third kappa shape index (κ3) is 6.94. The minimum absolute atomic E-state index is 0.0115. The summed E-state index contributed by atoms with van der Waals surface area (Å²) < 4.78 is 28.8. The Bertz CT molecular complexity index is 1380. The van der Waals surface area contributed by atoms with Crippen LogP contribution in [0, 0.1) is 13.8 Å². The molecule has 0 bridgehead atoms. The second-order valence-corrected chi connectivity index (χ2v) is 11.4. The number of halogens is 1. The van der Waals surface area contributed by atoms with E-state index in [2.05, 4.69) is 5.32 Å². The molecule has 0 heterocycles. The van der Waals surface area contributed by atoms with Crippen molar-refractivity contribution in [2.24, 2.45) is 0 Å². The molecule has 3 rings (SSSR count). The number of aryl methyl sites for hydroxylation is 2. The lowest BCUT2D eigenvalue weighted by Crippen LogP contribution is -2.52.